The molecule has 3 rings (SSSR count). The molecule has 7 nitrogen and oxygen atoms in total. The summed E-state index contributed by atoms with van der Waals surface area (Å²) < 4.78 is 38.5. The second-order valence-corrected chi connectivity index (χ2v) is 6.09. The number of carbonyl (C=O) groups excluding carboxylic acids is 1. The van der Waals surface area contributed by atoms with Gasteiger partial charge in [-0.25, -0.2) is 13.8 Å². The molecule has 0 saturated carbocycles. The lowest BCUT2D eigenvalue weighted by Crippen LogP contribution is -2.02. The van der Waals surface area contributed by atoms with Gasteiger partial charge < -0.3 is 9.47 Å². The number of ether oxygens (including phenoxy) is 2. The fourth-order valence-electron chi connectivity index (χ4n) is 2.37. The average molecular weight is 421 g/mol. The van der Waals surface area contributed by atoms with Gasteiger partial charge in [-0.15, -0.1) is 0 Å². The number of aldehydes is 1. The molecule has 0 atom stereocenters. The van der Waals surface area contributed by atoms with Crippen LogP contribution in [0.5, 0.6) is 17.2 Å². The molecule has 10 heteroatoms. The zero-order valence-electron chi connectivity index (χ0n) is 14.5. The molecule has 1 aromatic heterocycles. The van der Waals surface area contributed by atoms with Gasteiger partial charge in [-0.3, -0.25) is 14.9 Å². The number of benzene rings is 2. The van der Waals surface area contributed by atoms with Crippen LogP contribution >= 0.6 is 11.6 Å². The first-order chi connectivity index (χ1) is 13.9. The molecule has 0 saturated heterocycles. The Labute approximate surface area is 167 Å². The van der Waals surface area contributed by atoms with E-state index in [1.165, 1.54) is 36.5 Å². The Morgan fingerprint density at radius 1 is 1.14 bits per heavy atom. The summed E-state index contributed by atoms with van der Waals surface area (Å²) in [6, 6.07) is 8.45. The van der Waals surface area contributed by atoms with E-state index in [0.717, 1.165) is 12.1 Å². The third kappa shape index (κ3) is 4.82. The van der Waals surface area contributed by atoms with Gasteiger partial charge in [-0.05, 0) is 42.0 Å². The van der Waals surface area contributed by atoms with Crippen molar-refractivity contribution in [1.29, 1.82) is 0 Å². The quantitative estimate of drug-likeness (QED) is 0.228. The Morgan fingerprint density at radius 2 is 1.86 bits per heavy atom. The van der Waals surface area contributed by atoms with Gasteiger partial charge in [0.1, 0.15) is 23.8 Å². The van der Waals surface area contributed by atoms with E-state index < -0.39 is 22.3 Å². The number of nitro benzene ring substituents is 1. The molecule has 0 aliphatic carbocycles. The minimum absolute atomic E-state index is 0.113. The number of halogens is 3. The number of nitrogens with zero attached hydrogens (tertiary/aromatic N) is 2. The van der Waals surface area contributed by atoms with Crippen molar-refractivity contribution in [3.8, 4) is 17.2 Å². The highest BCUT2D eigenvalue weighted by Crippen LogP contribution is 2.33. The fraction of sp³-hybridized carbons (Fsp3) is 0.0526. The van der Waals surface area contributed by atoms with Crippen molar-refractivity contribution in [2.45, 2.75) is 6.61 Å². The Morgan fingerprint density at radius 3 is 2.45 bits per heavy atom. The summed E-state index contributed by atoms with van der Waals surface area (Å²) in [5.41, 5.74) is -0.142. The summed E-state index contributed by atoms with van der Waals surface area (Å²) in [7, 11) is 0. The van der Waals surface area contributed by atoms with Gasteiger partial charge >= 0.3 is 5.69 Å². The maximum Gasteiger partial charge on any atom is 0.311 e. The van der Waals surface area contributed by atoms with Crippen molar-refractivity contribution in [3.63, 3.8) is 0 Å². The van der Waals surface area contributed by atoms with Gasteiger partial charge in [-0.1, -0.05) is 11.6 Å². The highest BCUT2D eigenvalue weighted by Gasteiger charge is 2.18. The van der Waals surface area contributed by atoms with Crippen LogP contribution in [0.15, 0.2) is 48.7 Å². The van der Waals surface area contributed by atoms with E-state index in [1.807, 2.05) is 0 Å². The van der Waals surface area contributed by atoms with Crippen LogP contribution in [0, 0.1) is 21.7 Å². The van der Waals surface area contributed by atoms with Gasteiger partial charge in [0.15, 0.2) is 17.4 Å². The zero-order chi connectivity index (χ0) is 21.0. The second-order valence-electron chi connectivity index (χ2n) is 5.70. The molecular formula is C19H11ClF2N2O5. The lowest BCUT2D eigenvalue weighted by Gasteiger charge is -2.11. The van der Waals surface area contributed by atoms with Crippen LogP contribution in [0.2, 0.25) is 5.15 Å². The van der Waals surface area contributed by atoms with Crippen molar-refractivity contribution in [1.82, 2.24) is 4.98 Å². The standard InChI is InChI=1S/C19H11ClF2N2O5/c20-18-4-2-13(8-23-18)29-17-7-11(1-3-16(17)24(26)27)10-28-19-14(21)5-12(9-25)6-15(19)22/h1-9H,10H2. The predicted octanol–water partition coefficient (Wildman–Crippen LogP) is 5.11. The number of hydrogen-bond acceptors (Lipinski definition) is 6. The molecule has 0 bridgehead atoms. The number of aromatic nitrogens is 1. The Balaban J connectivity index is 1.84. The molecule has 0 fully saturated rings. The Kier molecular flexibility index (Phi) is 5.99. The topological polar surface area (TPSA) is 91.6 Å². The zero-order valence-corrected chi connectivity index (χ0v) is 15.2. The number of carbonyl (C=O) groups is 1. The molecule has 1 heterocycles. The molecule has 0 N–H and O–H groups in total. The highest BCUT2D eigenvalue weighted by atomic mass is 35.5. The SMILES string of the molecule is O=Cc1cc(F)c(OCc2ccc([N+](=O)[O-])c(Oc3ccc(Cl)nc3)c2)c(F)c1. The van der Waals surface area contributed by atoms with Gasteiger partial charge in [0.25, 0.3) is 0 Å². The third-order valence-electron chi connectivity index (χ3n) is 3.69. The molecule has 0 aliphatic rings. The lowest BCUT2D eigenvalue weighted by atomic mass is 10.2. The average Bonchev–Trinajstić information content (AvgIpc) is 2.69. The van der Waals surface area contributed by atoms with Crippen LogP contribution in [-0.4, -0.2) is 16.2 Å². The van der Waals surface area contributed by atoms with Gasteiger partial charge in [0.05, 0.1) is 11.1 Å². The van der Waals surface area contributed by atoms with Crippen molar-refractivity contribution in [2.75, 3.05) is 0 Å². The lowest BCUT2D eigenvalue weighted by molar-refractivity contribution is -0.385. The smallest absolute Gasteiger partial charge is 0.311 e. The summed E-state index contributed by atoms with van der Waals surface area (Å²) >= 11 is 5.69. The summed E-state index contributed by atoms with van der Waals surface area (Å²) in [5.74, 6) is -2.66. The van der Waals surface area contributed by atoms with Crippen molar-refractivity contribution in [3.05, 3.63) is 86.7 Å². The largest absolute Gasteiger partial charge is 0.483 e. The van der Waals surface area contributed by atoms with E-state index in [-0.39, 0.29) is 34.5 Å². The normalized spacial score (nSPS) is 10.4. The number of rotatable bonds is 7. The maximum absolute atomic E-state index is 13.9. The first-order valence-corrected chi connectivity index (χ1v) is 8.39. The molecule has 29 heavy (non-hydrogen) atoms. The van der Waals surface area contributed by atoms with Crippen molar-refractivity contribution < 1.29 is 28.0 Å². The van der Waals surface area contributed by atoms with E-state index in [0.29, 0.717) is 11.8 Å². The summed E-state index contributed by atoms with van der Waals surface area (Å²) in [6.45, 7) is -0.304. The molecule has 0 aliphatic heterocycles. The first-order valence-electron chi connectivity index (χ1n) is 8.01. The van der Waals surface area contributed by atoms with Crippen LogP contribution < -0.4 is 9.47 Å². The second kappa shape index (κ2) is 8.61. The number of pyridine rings is 1. The van der Waals surface area contributed by atoms with Gasteiger partial charge in [-0.2, -0.15) is 0 Å². The van der Waals surface area contributed by atoms with Crippen LogP contribution in [-0.2, 0) is 6.61 Å². The minimum atomic E-state index is -1.04. The molecule has 0 radical (unpaired) electrons. The summed E-state index contributed by atoms with van der Waals surface area (Å²) in [6.07, 6.45) is 1.59. The van der Waals surface area contributed by atoms with E-state index in [2.05, 4.69) is 4.98 Å². The van der Waals surface area contributed by atoms with E-state index in [4.69, 9.17) is 21.1 Å². The molecule has 0 unspecified atom stereocenters. The molecule has 148 valence electrons. The summed E-state index contributed by atoms with van der Waals surface area (Å²) in [5, 5.41) is 11.5. The third-order valence-corrected chi connectivity index (χ3v) is 3.91. The van der Waals surface area contributed by atoms with Crippen molar-refractivity contribution in [2.24, 2.45) is 0 Å². The first kappa shape index (κ1) is 20.2. The molecule has 2 aromatic carbocycles. The van der Waals surface area contributed by atoms with Gasteiger partial charge in [0.2, 0.25) is 5.75 Å². The summed E-state index contributed by atoms with van der Waals surface area (Å²) in [4.78, 5) is 25.1. The number of nitro groups is 1. The fourth-order valence-corrected chi connectivity index (χ4v) is 2.48. The Bertz CT molecular complexity index is 1050. The Hall–Kier alpha value is -3.59. The van der Waals surface area contributed by atoms with Crippen LogP contribution in [0.25, 0.3) is 0 Å². The molecule has 0 amide bonds. The monoisotopic (exact) mass is 420 g/mol. The maximum atomic E-state index is 13.9. The van der Waals surface area contributed by atoms with Crippen LogP contribution in [0.4, 0.5) is 14.5 Å². The van der Waals surface area contributed by atoms with E-state index >= 15 is 0 Å². The molecule has 0 spiro atoms. The highest BCUT2D eigenvalue weighted by molar-refractivity contribution is 6.29. The van der Waals surface area contributed by atoms with Gasteiger partial charge in [0, 0.05) is 11.6 Å². The van der Waals surface area contributed by atoms with Crippen molar-refractivity contribution >= 4 is 23.6 Å². The van der Waals surface area contributed by atoms with E-state index in [9.17, 15) is 23.7 Å². The number of hydrogen-bond donors (Lipinski definition) is 0. The van der Waals surface area contributed by atoms with Crippen LogP contribution in [0.1, 0.15) is 15.9 Å². The molecular weight excluding hydrogens is 410 g/mol. The van der Waals surface area contributed by atoms with E-state index in [1.54, 1.807) is 0 Å². The van der Waals surface area contributed by atoms with Crippen LogP contribution in [0.3, 0.4) is 0 Å². The minimum Gasteiger partial charge on any atom is -0.483 e. The molecule has 3 aromatic rings. The predicted molar refractivity (Wildman–Crippen MR) is 98.5 cm³/mol.